The first kappa shape index (κ1) is 19.9. The third-order valence-corrected chi connectivity index (χ3v) is 4.90. The van der Waals surface area contributed by atoms with Gasteiger partial charge >= 0.3 is 0 Å². The lowest BCUT2D eigenvalue weighted by Gasteiger charge is -2.31. The van der Waals surface area contributed by atoms with E-state index in [4.69, 9.17) is 0 Å². The van der Waals surface area contributed by atoms with Crippen LogP contribution in [-0.2, 0) is 6.54 Å². The second-order valence-corrected chi connectivity index (χ2v) is 7.58. The predicted octanol–water partition coefficient (Wildman–Crippen LogP) is 2.03. The third kappa shape index (κ3) is 6.42. The van der Waals surface area contributed by atoms with Crippen LogP contribution in [0.1, 0.15) is 49.0 Å². The Morgan fingerprint density at radius 3 is 2.36 bits per heavy atom. The average molecular weight is 348 g/mol. The fraction of sp³-hybridized carbons (Fsp3) is 0.650. The number of hydrogen-bond acceptors (Lipinski definition) is 4. The molecule has 1 fully saturated rings. The molecule has 0 aliphatic carbocycles. The standard InChI is InChI=1S/C20H32N2O3/c1-15(2)11-19(14-24)21-20(25)18-5-3-16(4-6-18)12-22-9-7-17(13-23)8-10-22/h3-6,15,17,19,23-24H,7-14H2,1-2H3,(H,21,25). The van der Waals surface area contributed by atoms with Crippen LogP contribution in [0.25, 0.3) is 0 Å². The minimum atomic E-state index is -0.194. The van der Waals surface area contributed by atoms with Crippen molar-refractivity contribution in [1.29, 1.82) is 0 Å². The maximum atomic E-state index is 12.3. The summed E-state index contributed by atoms with van der Waals surface area (Å²) in [5, 5.41) is 21.5. The van der Waals surface area contributed by atoms with Gasteiger partial charge in [0.15, 0.2) is 0 Å². The zero-order valence-corrected chi connectivity index (χ0v) is 15.4. The lowest BCUT2D eigenvalue weighted by Crippen LogP contribution is -2.38. The Morgan fingerprint density at radius 1 is 1.20 bits per heavy atom. The van der Waals surface area contributed by atoms with Crippen molar-refractivity contribution in [2.24, 2.45) is 11.8 Å². The van der Waals surface area contributed by atoms with Crippen LogP contribution in [-0.4, -0.2) is 53.4 Å². The molecule has 1 unspecified atom stereocenters. The average Bonchev–Trinajstić information content (AvgIpc) is 2.62. The quantitative estimate of drug-likeness (QED) is 0.672. The molecule has 1 aliphatic heterocycles. The van der Waals surface area contributed by atoms with Gasteiger partial charge in [0.05, 0.1) is 12.6 Å². The molecule has 0 aromatic heterocycles. The fourth-order valence-electron chi connectivity index (χ4n) is 3.36. The molecule has 0 saturated carbocycles. The Balaban J connectivity index is 1.85. The molecule has 1 atom stereocenters. The van der Waals surface area contributed by atoms with Crippen LogP contribution in [0, 0.1) is 11.8 Å². The minimum Gasteiger partial charge on any atom is -0.396 e. The predicted molar refractivity (Wildman–Crippen MR) is 99.3 cm³/mol. The van der Waals surface area contributed by atoms with Gasteiger partial charge in [-0.1, -0.05) is 26.0 Å². The summed E-state index contributed by atoms with van der Waals surface area (Å²) in [5.41, 5.74) is 1.82. The van der Waals surface area contributed by atoms with Gasteiger partial charge in [0, 0.05) is 18.7 Å². The monoisotopic (exact) mass is 348 g/mol. The first-order chi connectivity index (χ1) is 12.0. The summed E-state index contributed by atoms with van der Waals surface area (Å²) in [5.74, 6) is 0.748. The van der Waals surface area contributed by atoms with Gasteiger partial charge in [0.25, 0.3) is 5.91 Å². The number of carbonyl (C=O) groups is 1. The van der Waals surface area contributed by atoms with Gasteiger partial charge in [-0.25, -0.2) is 0 Å². The summed E-state index contributed by atoms with van der Waals surface area (Å²) in [6, 6.07) is 7.52. The summed E-state index contributed by atoms with van der Waals surface area (Å²) >= 11 is 0. The third-order valence-electron chi connectivity index (χ3n) is 4.90. The molecule has 1 saturated heterocycles. The van der Waals surface area contributed by atoms with Crippen molar-refractivity contribution in [3.63, 3.8) is 0 Å². The number of carbonyl (C=O) groups excluding carboxylic acids is 1. The Morgan fingerprint density at radius 2 is 1.84 bits per heavy atom. The second-order valence-electron chi connectivity index (χ2n) is 7.58. The number of aliphatic hydroxyl groups excluding tert-OH is 2. The molecule has 1 amide bonds. The molecule has 2 rings (SSSR count). The number of nitrogens with one attached hydrogen (secondary N) is 1. The first-order valence-corrected chi connectivity index (χ1v) is 9.35. The molecule has 3 N–H and O–H groups in total. The van der Waals surface area contributed by atoms with E-state index in [1.54, 1.807) is 0 Å². The highest BCUT2D eigenvalue weighted by atomic mass is 16.3. The van der Waals surface area contributed by atoms with Crippen molar-refractivity contribution >= 4 is 5.91 Å². The Bertz CT molecular complexity index is 522. The summed E-state index contributed by atoms with van der Waals surface area (Å²) in [6.07, 6.45) is 2.87. The lowest BCUT2D eigenvalue weighted by molar-refractivity contribution is 0.0908. The molecule has 5 heteroatoms. The van der Waals surface area contributed by atoms with Crippen molar-refractivity contribution in [3.8, 4) is 0 Å². The second kappa shape index (κ2) is 9.90. The smallest absolute Gasteiger partial charge is 0.251 e. The number of rotatable bonds is 8. The molecule has 1 aromatic rings. The Labute approximate surface area is 151 Å². The zero-order chi connectivity index (χ0) is 18.2. The van der Waals surface area contributed by atoms with Crippen LogP contribution in [0.3, 0.4) is 0 Å². The molecular weight excluding hydrogens is 316 g/mol. The van der Waals surface area contributed by atoms with E-state index in [9.17, 15) is 15.0 Å². The van der Waals surface area contributed by atoms with Gasteiger partial charge in [-0.3, -0.25) is 9.69 Å². The number of likely N-dealkylation sites (tertiary alicyclic amines) is 1. The van der Waals surface area contributed by atoms with Gasteiger partial charge in [-0.05, 0) is 61.9 Å². The van der Waals surface area contributed by atoms with Crippen LogP contribution in [0.2, 0.25) is 0 Å². The normalized spacial score (nSPS) is 17.6. The van der Waals surface area contributed by atoms with Crippen LogP contribution < -0.4 is 5.32 Å². The van der Waals surface area contributed by atoms with Crippen molar-refractivity contribution in [1.82, 2.24) is 10.2 Å². The number of amides is 1. The van der Waals surface area contributed by atoms with E-state index in [0.717, 1.165) is 38.9 Å². The van der Waals surface area contributed by atoms with Crippen molar-refractivity contribution < 1.29 is 15.0 Å². The highest BCUT2D eigenvalue weighted by Crippen LogP contribution is 2.18. The number of aliphatic hydroxyl groups is 2. The zero-order valence-electron chi connectivity index (χ0n) is 15.4. The van der Waals surface area contributed by atoms with Crippen molar-refractivity contribution in [2.75, 3.05) is 26.3 Å². The molecule has 140 valence electrons. The lowest BCUT2D eigenvalue weighted by atomic mass is 9.97. The van der Waals surface area contributed by atoms with Gasteiger partial charge in [0.1, 0.15) is 0 Å². The topological polar surface area (TPSA) is 72.8 Å². The largest absolute Gasteiger partial charge is 0.396 e. The van der Waals surface area contributed by atoms with Gasteiger partial charge in [-0.15, -0.1) is 0 Å². The summed E-state index contributed by atoms with van der Waals surface area (Å²) in [6.45, 7) is 7.32. The molecule has 1 heterocycles. The van der Waals surface area contributed by atoms with Crippen LogP contribution in [0.4, 0.5) is 0 Å². The van der Waals surface area contributed by atoms with E-state index in [0.29, 0.717) is 24.0 Å². The van der Waals surface area contributed by atoms with E-state index in [1.807, 2.05) is 24.3 Å². The van der Waals surface area contributed by atoms with Crippen LogP contribution in [0.5, 0.6) is 0 Å². The Kier molecular flexibility index (Phi) is 7.88. The summed E-state index contributed by atoms with van der Waals surface area (Å²) in [7, 11) is 0. The summed E-state index contributed by atoms with van der Waals surface area (Å²) in [4.78, 5) is 14.7. The fourth-order valence-corrected chi connectivity index (χ4v) is 3.36. The molecule has 5 nitrogen and oxygen atoms in total. The van der Waals surface area contributed by atoms with Gasteiger partial charge in [-0.2, -0.15) is 0 Å². The maximum Gasteiger partial charge on any atom is 0.251 e. The van der Waals surface area contributed by atoms with Crippen molar-refractivity contribution in [2.45, 2.75) is 45.7 Å². The maximum absolute atomic E-state index is 12.3. The van der Waals surface area contributed by atoms with Crippen LogP contribution in [0.15, 0.2) is 24.3 Å². The van der Waals surface area contributed by atoms with Crippen LogP contribution >= 0.6 is 0 Å². The molecule has 0 radical (unpaired) electrons. The minimum absolute atomic E-state index is 0.0359. The number of piperidine rings is 1. The Hall–Kier alpha value is -1.43. The molecular formula is C20H32N2O3. The molecule has 1 aromatic carbocycles. The number of nitrogens with zero attached hydrogens (tertiary/aromatic N) is 1. The number of benzene rings is 1. The SMILES string of the molecule is CC(C)CC(CO)NC(=O)c1ccc(CN2CCC(CO)CC2)cc1. The van der Waals surface area contributed by atoms with E-state index in [-0.39, 0.29) is 18.6 Å². The highest BCUT2D eigenvalue weighted by molar-refractivity contribution is 5.94. The van der Waals surface area contributed by atoms with E-state index >= 15 is 0 Å². The molecule has 0 bridgehead atoms. The van der Waals surface area contributed by atoms with Gasteiger partial charge < -0.3 is 15.5 Å². The number of hydrogen-bond donors (Lipinski definition) is 3. The highest BCUT2D eigenvalue weighted by Gasteiger charge is 2.19. The van der Waals surface area contributed by atoms with Gasteiger partial charge in [0.2, 0.25) is 0 Å². The molecule has 25 heavy (non-hydrogen) atoms. The summed E-state index contributed by atoms with van der Waals surface area (Å²) < 4.78 is 0. The van der Waals surface area contributed by atoms with E-state index < -0.39 is 0 Å². The van der Waals surface area contributed by atoms with Crippen molar-refractivity contribution in [3.05, 3.63) is 35.4 Å². The first-order valence-electron chi connectivity index (χ1n) is 9.35. The molecule has 0 spiro atoms. The van der Waals surface area contributed by atoms with E-state index in [1.165, 1.54) is 5.56 Å². The van der Waals surface area contributed by atoms with E-state index in [2.05, 4.69) is 24.1 Å². The molecule has 1 aliphatic rings.